The smallest absolute Gasteiger partial charge is 0.335 e. The predicted octanol–water partition coefficient (Wildman–Crippen LogP) is 5.47. The minimum absolute atomic E-state index is 0.108. The van der Waals surface area contributed by atoms with E-state index in [0.717, 1.165) is 11.1 Å². The zero-order valence-corrected chi connectivity index (χ0v) is 17.9. The molecule has 7 heteroatoms. The summed E-state index contributed by atoms with van der Waals surface area (Å²) < 4.78 is 5.84. The lowest BCUT2D eigenvalue weighted by Crippen LogP contribution is -2.13. The molecular weight excluding hydrogens is 428 g/mol. The van der Waals surface area contributed by atoms with Gasteiger partial charge < -0.3 is 15.2 Å². The van der Waals surface area contributed by atoms with Gasteiger partial charge >= 0.3 is 5.97 Å². The monoisotopic (exact) mass is 446 g/mol. The van der Waals surface area contributed by atoms with Crippen molar-refractivity contribution in [3.05, 3.63) is 99.6 Å². The van der Waals surface area contributed by atoms with Gasteiger partial charge in [0.25, 0.3) is 5.91 Å². The maximum absolute atomic E-state index is 12.6. The summed E-state index contributed by atoms with van der Waals surface area (Å²) >= 11 is 6.11. The number of hydrogen-bond acceptors (Lipinski definition) is 4. The Labute approximate surface area is 190 Å². The fraction of sp³-hybridized carbons (Fsp3) is 0.0800. The molecule has 3 aromatic carbocycles. The van der Waals surface area contributed by atoms with Gasteiger partial charge in [0.1, 0.15) is 24.0 Å². The van der Waals surface area contributed by atoms with Crippen LogP contribution in [0.15, 0.2) is 72.3 Å². The van der Waals surface area contributed by atoms with Gasteiger partial charge in [0.15, 0.2) is 0 Å². The summed E-state index contributed by atoms with van der Waals surface area (Å²) in [6.45, 7) is 2.10. The predicted molar refractivity (Wildman–Crippen MR) is 123 cm³/mol. The van der Waals surface area contributed by atoms with Crippen molar-refractivity contribution in [1.82, 2.24) is 0 Å². The lowest BCUT2D eigenvalue weighted by atomic mass is 10.1. The molecule has 3 rings (SSSR count). The number of nitriles is 1. The molecule has 0 aliphatic rings. The second-order valence-electron chi connectivity index (χ2n) is 6.96. The van der Waals surface area contributed by atoms with Gasteiger partial charge in [0.05, 0.1) is 5.56 Å². The number of ether oxygens (including phenoxy) is 1. The Kier molecular flexibility index (Phi) is 7.27. The van der Waals surface area contributed by atoms with Crippen LogP contribution in [0.4, 0.5) is 5.69 Å². The molecule has 0 saturated carbocycles. The molecule has 0 fully saturated rings. The number of carbonyl (C=O) groups excluding carboxylic acids is 1. The standard InChI is InChI=1S/C25H19ClN2O4/c1-16-2-9-22(10-3-16)28-24(29)20(14-27)12-19-13-21(26)8-11-23(19)32-15-17-4-6-18(7-5-17)25(30)31/h2-13H,15H2,1H3,(H,28,29)(H,30,31). The second kappa shape index (κ2) is 10.3. The number of anilines is 1. The highest BCUT2D eigenvalue weighted by molar-refractivity contribution is 6.30. The number of carbonyl (C=O) groups is 2. The molecule has 0 spiro atoms. The van der Waals surface area contributed by atoms with E-state index in [4.69, 9.17) is 21.4 Å². The number of rotatable bonds is 7. The number of nitrogens with one attached hydrogen (secondary N) is 1. The summed E-state index contributed by atoms with van der Waals surface area (Å²) in [6.07, 6.45) is 1.41. The number of carboxylic acid groups (broad SMARTS) is 1. The van der Waals surface area contributed by atoms with Crippen LogP contribution in [0.1, 0.15) is 27.0 Å². The first-order chi connectivity index (χ1) is 15.4. The largest absolute Gasteiger partial charge is 0.488 e. The molecule has 0 aliphatic carbocycles. The minimum Gasteiger partial charge on any atom is -0.488 e. The van der Waals surface area contributed by atoms with E-state index in [1.165, 1.54) is 18.2 Å². The van der Waals surface area contributed by atoms with Crippen molar-refractivity contribution >= 4 is 35.2 Å². The molecule has 0 saturated heterocycles. The number of benzene rings is 3. The highest BCUT2D eigenvalue weighted by atomic mass is 35.5. The van der Waals surface area contributed by atoms with E-state index in [0.29, 0.717) is 22.0 Å². The number of nitrogens with zero attached hydrogens (tertiary/aromatic N) is 1. The lowest BCUT2D eigenvalue weighted by Gasteiger charge is -2.11. The molecule has 0 atom stereocenters. The first-order valence-corrected chi connectivity index (χ1v) is 9.98. The van der Waals surface area contributed by atoms with Crippen molar-refractivity contribution < 1.29 is 19.4 Å². The van der Waals surface area contributed by atoms with E-state index >= 15 is 0 Å². The molecule has 0 aromatic heterocycles. The number of amides is 1. The Morgan fingerprint density at radius 2 is 1.78 bits per heavy atom. The van der Waals surface area contributed by atoms with Gasteiger partial charge in [-0.3, -0.25) is 4.79 Å². The van der Waals surface area contributed by atoms with E-state index in [2.05, 4.69) is 5.32 Å². The Bertz CT molecular complexity index is 1210. The van der Waals surface area contributed by atoms with Crippen molar-refractivity contribution in [3.8, 4) is 11.8 Å². The average Bonchev–Trinajstić information content (AvgIpc) is 2.78. The molecule has 1 amide bonds. The van der Waals surface area contributed by atoms with Gasteiger partial charge in [0.2, 0.25) is 0 Å². The Hall–Kier alpha value is -4.08. The number of aryl methyl sites for hydroxylation is 1. The van der Waals surface area contributed by atoms with Gasteiger partial charge in [-0.1, -0.05) is 41.4 Å². The van der Waals surface area contributed by atoms with Crippen LogP contribution in [-0.4, -0.2) is 17.0 Å². The van der Waals surface area contributed by atoms with Gasteiger partial charge in [-0.15, -0.1) is 0 Å². The highest BCUT2D eigenvalue weighted by Crippen LogP contribution is 2.26. The molecule has 6 nitrogen and oxygen atoms in total. The summed E-state index contributed by atoms with van der Waals surface area (Å²) in [5.74, 6) is -1.13. The summed E-state index contributed by atoms with van der Waals surface area (Å²) in [6, 6.07) is 20.3. The zero-order valence-electron chi connectivity index (χ0n) is 17.1. The van der Waals surface area contributed by atoms with Crippen molar-refractivity contribution in [1.29, 1.82) is 5.26 Å². The third-order valence-corrected chi connectivity index (χ3v) is 4.78. The SMILES string of the molecule is Cc1ccc(NC(=O)C(C#N)=Cc2cc(Cl)ccc2OCc2ccc(C(=O)O)cc2)cc1. The molecule has 3 aromatic rings. The van der Waals surface area contributed by atoms with E-state index in [1.54, 1.807) is 42.5 Å². The number of aromatic carboxylic acids is 1. The topological polar surface area (TPSA) is 99.4 Å². The lowest BCUT2D eigenvalue weighted by molar-refractivity contribution is -0.112. The quantitative estimate of drug-likeness (QED) is 0.370. The Balaban J connectivity index is 1.79. The first kappa shape index (κ1) is 22.6. The van der Waals surface area contributed by atoms with Crippen molar-refractivity contribution in [2.24, 2.45) is 0 Å². The highest BCUT2D eigenvalue weighted by Gasteiger charge is 2.12. The summed E-state index contributed by atoms with van der Waals surface area (Å²) in [7, 11) is 0. The molecule has 160 valence electrons. The number of carboxylic acids is 1. The van der Waals surface area contributed by atoms with Crippen LogP contribution >= 0.6 is 11.6 Å². The number of hydrogen-bond donors (Lipinski definition) is 2. The molecule has 0 unspecified atom stereocenters. The van der Waals surface area contributed by atoms with Crippen LogP contribution in [0.3, 0.4) is 0 Å². The van der Waals surface area contributed by atoms with Gasteiger partial charge in [0, 0.05) is 16.3 Å². The van der Waals surface area contributed by atoms with Gasteiger partial charge in [-0.2, -0.15) is 5.26 Å². The first-order valence-electron chi connectivity index (χ1n) is 9.60. The summed E-state index contributed by atoms with van der Waals surface area (Å²) in [5, 5.41) is 21.6. The molecule has 0 bridgehead atoms. The number of halogens is 1. The zero-order chi connectivity index (χ0) is 23.1. The van der Waals surface area contributed by atoms with Gasteiger partial charge in [-0.25, -0.2) is 4.79 Å². The summed E-state index contributed by atoms with van der Waals surface area (Å²) in [5.41, 5.74) is 2.94. The maximum atomic E-state index is 12.6. The fourth-order valence-corrected chi connectivity index (χ4v) is 2.99. The van der Waals surface area contributed by atoms with Crippen LogP contribution in [-0.2, 0) is 11.4 Å². The van der Waals surface area contributed by atoms with Gasteiger partial charge in [-0.05, 0) is 61.0 Å². The Morgan fingerprint density at radius 1 is 1.09 bits per heavy atom. The molecule has 0 heterocycles. The average molecular weight is 447 g/mol. The molecular formula is C25H19ClN2O4. The second-order valence-corrected chi connectivity index (χ2v) is 7.40. The van der Waals surface area contributed by atoms with Crippen LogP contribution in [0.25, 0.3) is 6.08 Å². The van der Waals surface area contributed by atoms with E-state index in [9.17, 15) is 14.9 Å². The van der Waals surface area contributed by atoms with Crippen LogP contribution < -0.4 is 10.1 Å². The summed E-state index contributed by atoms with van der Waals surface area (Å²) in [4.78, 5) is 23.5. The van der Waals surface area contributed by atoms with E-state index < -0.39 is 11.9 Å². The molecule has 32 heavy (non-hydrogen) atoms. The van der Waals surface area contributed by atoms with Crippen LogP contribution in [0.5, 0.6) is 5.75 Å². The maximum Gasteiger partial charge on any atom is 0.335 e. The molecule has 2 N–H and O–H groups in total. The van der Waals surface area contributed by atoms with Crippen molar-refractivity contribution in [3.63, 3.8) is 0 Å². The minimum atomic E-state index is -1.00. The van der Waals surface area contributed by atoms with Crippen LogP contribution in [0.2, 0.25) is 5.02 Å². The molecule has 0 radical (unpaired) electrons. The fourth-order valence-electron chi connectivity index (χ4n) is 2.81. The van der Waals surface area contributed by atoms with Crippen molar-refractivity contribution in [2.45, 2.75) is 13.5 Å². The normalized spacial score (nSPS) is 10.8. The van der Waals surface area contributed by atoms with E-state index in [1.807, 2.05) is 25.1 Å². The molecule has 0 aliphatic heterocycles. The van der Waals surface area contributed by atoms with E-state index in [-0.39, 0.29) is 17.7 Å². The third kappa shape index (κ3) is 5.97. The van der Waals surface area contributed by atoms with Crippen molar-refractivity contribution in [2.75, 3.05) is 5.32 Å². The Morgan fingerprint density at radius 3 is 2.41 bits per heavy atom. The van der Waals surface area contributed by atoms with Crippen LogP contribution in [0, 0.1) is 18.3 Å². The third-order valence-electron chi connectivity index (χ3n) is 4.54.